The molecule has 0 fully saturated rings. The minimum absolute atomic E-state index is 0.132. The molecule has 3 heterocycles. The summed E-state index contributed by atoms with van der Waals surface area (Å²) >= 11 is 0. The Hall–Kier alpha value is -2.35. The van der Waals surface area contributed by atoms with Crippen LogP contribution in [0, 0.1) is 5.92 Å². The number of carbonyl (C=O) groups excluding carboxylic acids is 1. The van der Waals surface area contributed by atoms with E-state index in [-0.39, 0.29) is 29.2 Å². The van der Waals surface area contributed by atoms with Crippen LogP contribution in [0.5, 0.6) is 0 Å². The van der Waals surface area contributed by atoms with Gasteiger partial charge in [0.15, 0.2) is 0 Å². The van der Waals surface area contributed by atoms with Gasteiger partial charge in [0.1, 0.15) is 0 Å². The summed E-state index contributed by atoms with van der Waals surface area (Å²) in [6, 6.07) is 1.48. The number of nitrogens with zero attached hydrogens (tertiary/aromatic N) is 3. The molecule has 0 aromatic carbocycles. The van der Waals surface area contributed by atoms with Crippen molar-refractivity contribution in [3.8, 4) is 11.3 Å². The van der Waals surface area contributed by atoms with E-state index >= 15 is 0 Å². The van der Waals surface area contributed by atoms with E-state index in [0.717, 1.165) is 12.0 Å². The Bertz CT molecular complexity index is 746. The van der Waals surface area contributed by atoms with Crippen LogP contribution in [-0.4, -0.2) is 20.7 Å². The van der Waals surface area contributed by atoms with Gasteiger partial charge in [-0.05, 0) is 24.5 Å². The van der Waals surface area contributed by atoms with Crippen LogP contribution >= 0.6 is 0 Å². The molecule has 1 amide bonds. The molecular weight excluding hydrogens is 316 g/mol. The van der Waals surface area contributed by atoms with Crippen molar-refractivity contribution in [2.45, 2.75) is 38.8 Å². The van der Waals surface area contributed by atoms with Crippen molar-refractivity contribution in [3.05, 3.63) is 30.2 Å². The molecule has 2 aromatic rings. The fraction of sp³-hybridized carbons (Fsp3) is 0.438. The Balaban J connectivity index is 2.15. The van der Waals surface area contributed by atoms with Crippen LogP contribution in [0.25, 0.3) is 11.3 Å². The van der Waals surface area contributed by atoms with Crippen LogP contribution in [0.4, 0.5) is 14.5 Å². The highest BCUT2D eigenvalue weighted by Gasteiger charge is 2.23. The first-order valence-corrected chi connectivity index (χ1v) is 7.84. The summed E-state index contributed by atoms with van der Waals surface area (Å²) in [5.41, 5.74) is 7.79. The highest BCUT2D eigenvalue weighted by Crippen LogP contribution is 2.33. The molecule has 0 saturated heterocycles. The number of halogens is 2. The number of rotatable bonds is 1. The Kier molecular flexibility index (Phi) is 4.57. The quantitative estimate of drug-likeness (QED) is 0.838. The van der Waals surface area contributed by atoms with Crippen LogP contribution in [0.2, 0.25) is 0 Å². The van der Waals surface area contributed by atoms with Crippen LogP contribution in [0.1, 0.15) is 44.3 Å². The van der Waals surface area contributed by atoms with E-state index in [9.17, 15) is 13.6 Å². The molecule has 128 valence electrons. The van der Waals surface area contributed by atoms with Crippen molar-refractivity contribution in [2.24, 2.45) is 11.7 Å². The number of amides is 1. The SMILES string of the molecule is CC1CCCC(N)c2cncc(c2)-c2c(cnn2C(F)F)NC1=O. The minimum atomic E-state index is -2.83. The predicted molar refractivity (Wildman–Crippen MR) is 85.3 cm³/mol. The molecule has 0 saturated carbocycles. The van der Waals surface area contributed by atoms with E-state index < -0.39 is 6.55 Å². The molecule has 1 aliphatic heterocycles. The lowest BCUT2D eigenvalue weighted by molar-refractivity contribution is -0.119. The van der Waals surface area contributed by atoms with Gasteiger partial charge in [-0.15, -0.1) is 0 Å². The second-order valence-corrected chi connectivity index (χ2v) is 6.06. The maximum Gasteiger partial charge on any atom is 0.333 e. The summed E-state index contributed by atoms with van der Waals surface area (Å²) in [5, 5.41) is 6.42. The highest BCUT2D eigenvalue weighted by molar-refractivity contribution is 5.95. The molecule has 6 nitrogen and oxygen atoms in total. The Labute approximate surface area is 138 Å². The van der Waals surface area contributed by atoms with Gasteiger partial charge in [0.05, 0.1) is 17.6 Å². The number of nitrogens with one attached hydrogen (secondary N) is 1. The lowest BCUT2D eigenvalue weighted by atomic mass is 9.96. The molecule has 1 aliphatic rings. The first-order valence-electron chi connectivity index (χ1n) is 7.84. The molecular formula is C16H19F2N5O. The van der Waals surface area contributed by atoms with E-state index in [1.165, 1.54) is 12.4 Å². The maximum absolute atomic E-state index is 13.3. The monoisotopic (exact) mass is 335 g/mol. The number of aromatic nitrogens is 3. The third kappa shape index (κ3) is 3.14. The molecule has 3 N–H and O–H groups in total. The molecule has 8 heteroatoms. The summed E-state index contributed by atoms with van der Waals surface area (Å²) in [4.78, 5) is 16.4. The van der Waals surface area contributed by atoms with Gasteiger partial charge < -0.3 is 11.1 Å². The minimum Gasteiger partial charge on any atom is -0.324 e. The summed E-state index contributed by atoms with van der Waals surface area (Å²) < 4.78 is 27.2. The largest absolute Gasteiger partial charge is 0.333 e. The molecule has 0 spiro atoms. The van der Waals surface area contributed by atoms with E-state index in [1.807, 2.05) is 6.92 Å². The normalized spacial score (nSPS) is 21.6. The van der Waals surface area contributed by atoms with Gasteiger partial charge in [-0.2, -0.15) is 13.9 Å². The average Bonchev–Trinajstić information content (AvgIpc) is 2.97. The number of pyridine rings is 1. The Morgan fingerprint density at radius 2 is 2.12 bits per heavy atom. The summed E-state index contributed by atoms with van der Waals surface area (Å²) in [6.07, 6.45) is 6.52. The van der Waals surface area contributed by atoms with Gasteiger partial charge in [-0.1, -0.05) is 13.3 Å². The Morgan fingerprint density at radius 1 is 1.33 bits per heavy atom. The summed E-state index contributed by atoms with van der Waals surface area (Å²) in [6.45, 7) is -1.02. The molecule has 2 bridgehead atoms. The zero-order chi connectivity index (χ0) is 17.3. The highest BCUT2D eigenvalue weighted by atomic mass is 19.3. The summed E-state index contributed by atoms with van der Waals surface area (Å²) in [5.74, 6) is -0.459. The fourth-order valence-corrected chi connectivity index (χ4v) is 2.88. The molecule has 0 aliphatic carbocycles. The van der Waals surface area contributed by atoms with Crippen molar-refractivity contribution < 1.29 is 13.6 Å². The molecule has 0 radical (unpaired) electrons. The average molecular weight is 335 g/mol. The van der Waals surface area contributed by atoms with Gasteiger partial charge in [0, 0.05) is 29.9 Å². The van der Waals surface area contributed by atoms with Gasteiger partial charge in [-0.3, -0.25) is 9.78 Å². The lowest BCUT2D eigenvalue weighted by Crippen LogP contribution is -2.21. The van der Waals surface area contributed by atoms with E-state index in [2.05, 4.69) is 15.4 Å². The molecule has 2 unspecified atom stereocenters. The Morgan fingerprint density at radius 3 is 2.88 bits per heavy atom. The van der Waals surface area contributed by atoms with Gasteiger partial charge in [-0.25, -0.2) is 4.68 Å². The van der Waals surface area contributed by atoms with Crippen LogP contribution < -0.4 is 11.1 Å². The van der Waals surface area contributed by atoms with Gasteiger partial charge in [0.25, 0.3) is 0 Å². The fourth-order valence-electron chi connectivity index (χ4n) is 2.88. The zero-order valence-electron chi connectivity index (χ0n) is 13.2. The van der Waals surface area contributed by atoms with Crippen LogP contribution in [0.3, 0.4) is 0 Å². The molecule has 2 aromatic heterocycles. The summed E-state index contributed by atoms with van der Waals surface area (Å²) in [7, 11) is 0. The van der Waals surface area contributed by atoms with Crippen molar-refractivity contribution >= 4 is 11.6 Å². The first-order chi connectivity index (χ1) is 11.5. The topological polar surface area (TPSA) is 85.8 Å². The lowest BCUT2D eigenvalue weighted by Gasteiger charge is -2.18. The van der Waals surface area contributed by atoms with Gasteiger partial charge in [0.2, 0.25) is 5.91 Å². The standard InChI is InChI=1S/C16H19F2N5O/c1-9-3-2-4-12(19)10-5-11(7-20-6-10)14-13(22-15(9)24)8-21-23(14)16(17)18/h5-9,12,16H,2-4,19H2,1H3,(H,22,24). The second kappa shape index (κ2) is 6.64. The van der Waals surface area contributed by atoms with Crippen LogP contribution in [0.15, 0.2) is 24.7 Å². The van der Waals surface area contributed by atoms with Crippen molar-refractivity contribution in [3.63, 3.8) is 0 Å². The smallest absolute Gasteiger partial charge is 0.324 e. The van der Waals surface area contributed by atoms with E-state index in [0.29, 0.717) is 23.1 Å². The van der Waals surface area contributed by atoms with E-state index in [1.54, 1.807) is 12.3 Å². The molecule has 3 rings (SSSR count). The van der Waals surface area contributed by atoms with Crippen LogP contribution in [-0.2, 0) is 4.79 Å². The maximum atomic E-state index is 13.3. The van der Waals surface area contributed by atoms with Crippen molar-refractivity contribution in [1.82, 2.24) is 14.8 Å². The second-order valence-electron chi connectivity index (χ2n) is 6.06. The van der Waals surface area contributed by atoms with Gasteiger partial charge >= 0.3 is 6.55 Å². The van der Waals surface area contributed by atoms with Crippen molar-refractivity contribution in [1.29, 1.82) is 0 Å². The third-order valence-electron chi connectivity index (χ3n) is 4.30. The number of anilines is 1. The molecule has 24 heavy (non-hydrogen) atoms. The first kappa shape index (κ1) is 16.5. The molecule has 2 atom stereocenters. The van der Waals surface area contributed by atoms with E-state index in [4.69, 9.17) is 5.73 Å². The number of carbonyl (C=O) groups is 1. The number of fused-ring (bicyclic) bond motifs is 4. The third-order valence-corrected chi connectivity index (χ3v) is 4.30. The number of hydrogen-bond donors (Lipinski definition) is 2. The number of hydrogen-bond acceptors (Lipinski definition) is 4. The van der Waals surface area contributed by atoms with Crippen molar-refractivity contribution in [2.75, 3.05) is 5.32 Å². The number of nitrogens with two attached hydrogens (primary N) is 1. The number of alkyl halides is 2. The zero-order valence-corrected chi connectivity index (χ0v) is 13.2. The predicted octanol–water partition coefficient (Wildman–Crippen LogP) is 3.10.